The van der Waals surface area contributed by atoms with Gasteiger partial charge in [-0.1, -0.05) is 50.5 Å². The number of hydrogen-bond donors (Lipinski definition) is 1. The monoisotopic (exact) mass is 271 g/mol. The van der Waals surface area contributed by atoms with E-state index in [9.17, 15) is 0 Å². The van der Waals surface area contributed by atoms with E-state index in [0.717, 1.165) is 24.4 Å². The first kappa shape index (κ1) is 14.1. The highest BCUT2D eigenvalue weighted by molar-refractivity contribution is 5.30. The fourth-order valence-corrected chi connectivity index (χ4v) is 4.48. The van der Waals surface area contributed by atoms with Crippen molar-refractivity contribution >= 4 is 0 Å². The molecule has 2 unspecified atom stereocenters. The Labute approximate surface area is 124 Å². The quantitative estimate of drug-likeness (QED) is 0.858. The zero-order valence-electron chi connectivity index (χ0n) is 12.9. The predicted octanol–water partition coefficient (Wildman–Crippen LogP) is 4.35. The molecule has 2 aliphatic carbocycles. The van der Waals surface area contributed by atoms with Gasteiger partial charge < -0.3 is 5.32 Å². The highest BCUT2D eigenvalue weighted by atomic mass is 14.9. The molecule has 0 bridgehead atoms. The Bertz CT molecular complexity index is 420. The first-order valence-electron chi connectivity index (χ1n) is 8.68. The third kappa shape index (κ3) is 3.09. The standard InChI is InChI=1S/C19H29N/c1-2-20-19(16-9-4-3-5-10-16)18-13-12-15-8-6-7-11-17(15)14-18/h6-8,11,16,18-20H,2-5,9-10,12-14H2,1H3. The number of hydrogen-bond acceptors (Lipinski definition) is 1. The topological polar surface area (TPSA) is 12.0 Å². The average Bonchev–Trinajstić information content (AvgIpc) is 2.53. The Hall–Kier alpha value is -0.820. The molecule has 0 amide bonds. The molecule has 0 heterocycles. The van der Waals surface area contributed by atoms with E-state index in [1.54, 1.807) is 11.1 Å². The van der Waals surface area contributed by atoms with Gasteiger partial charge in [0.25, 0.3) is 0 Å². The zero-order chi connectivity index (χ0) is 13.8. The Morgan fingerprint density at radius 3 is 2.50 bits per heavy atom. The van der Waals surface area contributed by atoms with Crippen LogP contribution in [-0.4, -0.2) is 12.6 Å². The molecular formula is C19H29N. The van der Waals surface area contributed by atoms with E-state index in [0.29, 0.717) is 0 Å². The van der Waals surface area contributed by atoms with Crippen molar-refractivity contribution in [3.8, 4) is 0 Å². The van der Waals surface area contributed by atoms with E-state index in [1.165, 1.54) is 51.4 Å². The molecule has 20 heavy (non-hydrogen) atoms. The average molecular weight is 271 g/mol. The molecule has 0 spiro atoms. The second-order valence-electron chi connectivity index (χ2n) is 6.75. The van der Waals surface area contributed by atoms with Gasteiger partial charge in [0.05, 0.1) is 0 Å². The van der Waals surface area contributed by atoms with Crippen LogP contribution < -0.4 is 5.32 Å². The summed E-state index contributed by atoms with van der Waals surface area (Å²) in [6.45, 7) is 3.39. The van der Waals surface area contributed by atoms with Crippen molar-refractivity contribution in [2.24, 2.45) is 11.8 Å². The van der Waals surface area contributed by atoms with Crippen molar-refractivity contribution in [2.45, 2.75) is 64.3 Å². The SMILES string of the molecule is CCNC(C1CCCCC1)C1CCc2ccccc2C1. The number of nitrogens with one attached hydrogen (secondary N) is 1. The molecule has 1 nitrogen and oxygen atoms in total. The molecule has 2 atom stereocenters. The summed E-state index contributed by atoms with van der Waals surface area (Å²) in [5.74, 6) is 1.78. The lowest BCUT2D eigenvalue weighted by Gasteiger charge is -2.39. The molecule has 0 aliphatic heterocycles. The molecule has 0 aromatic heterocycles. The number of aryl methyl sites for hydroxylation is 1. The summed E-state index contributed by atoms with van der Waals surface area (Å²) < 4.78 is 0. The largest absolute Gasteiger partial charge is 0.314 e. The van der Waals surface area contributed by atoms with Crippen LogP contribution >= 0.6 is 0 Å². The summed E-state index contributed by atoms with van der Waals surface area (Å²) in [5, 5.41) is 3.85. The number of rotatable bonds is 4. The minimum Gasteiger partial charge on any atom is -0.314 e. The molecular weight excluding hydrogens is 242 g/mol. The lowest BCUT2D eigenvalue weighted by molar-refractivity contribution is 0.195. The third-order valence-corrected chi connectivity index (χ3v) is 5.49. The number of fused-ring (bicyclic) bond motifs is 1. The second-order valence-corrected chi connectivity index (χ2v) is 6.75. The molecule has 1 saturated carbocycles. The number of benzene rings is 1. The summed E-state index contributed by atoms with van der Waals surface area (Å²) in [7, 11) is 0. The van der Waals surface area contributed by atoms with Gasteiger partial charge in [-0.25, -0.2) is 0 Å². The molecule has 1 fully saturated rings. The minimum atomic E-state index is 0.758. The molecule has 3 rings (SSSR count). The van der Waals surface area contributed by atoms with E-state index in [1.807, 2.05) is 0 Å². The Morgan fingerprint density at radius 2 is 1.75 bits per heavy atom. The fraction of sp³-hybridized carbons (Fsp3) is 0.684. The summed E-state index contributed by atoms with van der Waals surface area (Å²) in [4.78, 5) is 0. The van der Waals surface area contributed by atoms with Crippen LogP contribution in [0.5, 0.6) is 0 Å². The minimum absolute atomic E-state index is 0.758. The lowest BCUT2D eigenvalue weighted by atomic mass is 9.72. The molecule has 1 aromatic carbocycles. The lowest BCUT2D eigenvalue weighted by Crippen LogP contribution is -2.45. The van der Waals surface area contributed by atoms with E-state index in [-0.39, 0.29) is 0 Å². The Balaban J connectivity index is 1.72. The normalized spacial score (nSPS) is 25.1. The molecule has 1 N–H and O–H groups in total. The Morgan fingerprint density at radius 1 is 1.00 bits per heavy atom. The smallest absolute Gasteiger partial charge is 0.0127 e. The summed E-state index contributed by atoms with van der Waals surface area (Å²) in [6.07, 6.45) is 11.2. The summed E-state index contributed by atoms with van der Waals surface area (Å²) in [5.41, 5.74) is 3.21. The van der Waals surface area contributed by atoms with Crippen molar-refractivity contribution in [3.63, 3.8) is 0 Å². The fourth-order valence-electron chi connectivity index (χ4n) is 4.48. The molecule has 110 valence electrons. The predicted molar refractivity (Wildman–Crippen MR) is 86.0 cm³/mol. The maximum absolute atomic E-state index is 3.85. The van der Waals surface area contributed by atoms with Crippen LogP contribution in [0.4, 0.5) is 0 Å². The van der Waals surface area contributed by atoms with Crippen LogP contribution in [0.3, 0.4) is 0 Å². The van der Waals surface area contributed by atoms with Crippen molar-refractivity contribution in [1.29, 1.82) is 0 Å². The molecule has 2 aliphatic rings. The van der Waals surface area contributed by atoms with Gasteiger partial charge in [-0.2, -0.15) is 0 Å². The highest BCUT2D eigenvalue weighted by Gasteiger charge is 2.31. The zero-order valence-corrected chi connectivity index (χ0v) is 12.9. The van der Waals surface area contributed by atoms with Gasteiger partial charge in [-0.3, -0.25) is 0 Å². The van der Waals surface area contributed by atoms with Crippen LogP contribution in [0.15, 0.2) is 24.3 Å². The van der Waals surface area contributed by atoms with Crippen molar-refractivity contribution in [2.75, 3.05) is 6.54 Å². The van der Waals surface area contributed by atoms with E-state index in [2.05, 4.69) is 36.5 Å². The van der Waals surface area contributed by atoms with Crippen molar-refractivity contribution < 1.29 is 0 Å². The van der Waals surface area contributed by atoms with Crippen molar-refractivity contribution in [3.05, 3.63) is 35.4 Å². The third-order valence-electron chi connectivity index (χ3n) is 5.49. The summed E-state index contributed by atoms with van der Waals surface area (Å²) >= 11 is 0. The van der Waals surface area contributed by atoms with Crippen LogP contribution in [0.25, 0.3) is 0 Å². The molecule has 0 radical (unpaired) electrons. The van der Waals surface area contributed by atoms with Crippen LogP contribution in [0.2, 0.25) is 0 Å². The van der Waals surface area contributed by atoms with Crippen LogP contribution in [0, 0.1) is 11.8 Å². The van der Waals surface area contributed by atoms with Crippen molar-refractivity contribution in [1.82, 2.24) is 5.32 Å². The molecule has 0 saturated heterocycles. The van der Waals surface area contributed by atoms with Crippen LogP contribution in [0.1, 0.15) is 56.6 Å². The molecule has 1 aromatic rings. The first-order valence-corrected chi connectivity index (χ1v) is 8.68. The van der Waals surface area contributed by atoms with Gasteiger partial charge in [0.15, 0.2) is 0 Å². The van der Waals surface area contributed by atoms with E-state index in [4.69, 9.17) is 0 Å². The van der Waals surface area contributed by atoms with Gasteiger partial charge in [0.1, 0.15) is 0 Å². The summed E-state index contributed by atoms with van der Waals surface area (Å²) in [6, 6.07) is 9.85. The van der Waals surface area contributed by atoms with Gasteiger partial charge in [0.2, 0.25) is 0 Å². The second kappa shape index (κ2) is 6.76. The van der Waals surface area contributed by atoms with Gasteiger partial charge in [0, 0.05) is 6.04 Å². The highest BCUT2D eigenvalue weighted by Crippen LogP contribution is 2.35. The maximum Gasteiger partial charge on any atom is 0.0127 e. The van der Waals surface area contributed by atoms with Crippen LogP contribution in [-0.2, 0) is 12.8 Å². The first-order chi connectivity index (χ1) is 9.88. The Kier molecular flexibility index (Phi) is 4.77. The van der Waals surface area contributed by atoms with E-state index >= 15 is 0 Å². The van der Waals surface area contributed by atoms with Gasteiger partial charge >= 0.3 is 0 Å². The van der Waals surface area contributed by atoms with Gasteiger partial charge in [-0.15, -0.1) is 0 Å². The maximum atomic E-state index is 3.85. The van der Waals surface area contributed by atoms with Gasteiger partial charge in [-0.05, 0) is 61.6 Å². The molecule has 1 heteroatoms. The van der Waals surface area contributed by atoms with E-state index < -0.39 is 0 Å².